The molecule has 4 aromatic rings. The standard InChI is InChI=1S/C30H21F2NO2/c1-17(2)25-21-16-20-10-6-7-11-24(20)33-28(21)30(35)27(29(25)34)26-22(31)14-19(15-23(26)32)13-12-18-8-4-3-5-9-18/h3-11,14-17,25,27H,1-2H3. The van der Waals surface area contributed by atoms with Crippen LogP contribution >= 0.6 is 0 Å². The third-order valence-electron chi connectivity index (χ3n) is 6.33. The molecule has 0 radical (unpaired) electrons. The van der Waals surface area contributed by atoms with E-state index >= 15 is 8.78 Å². The highest BCUT2D eigenvalue weighted by Gasteiger charge is 2.46. The van der Waals surface area contributed by atoms with Gasteiger partial charge in [-0.05, 0) is 47.9 Å². The largest absolute Gasteiger partial charge is 0.298 e. The minimum atomic E-state index is -1.60. The van der Waals surface area contributed by atoms with Crippen LogP contribution in [0.3, 0.4) is 0 Å². The Labute approximate surface area is 201 Å². The summed E-state index contributed by atoms with van der Waals surface area (Å²) in [6.07, 6.45) is 0. The summed E-state index contributed by atoms with van der Waals surface area (Å²) >= 11 is 0. The summed E-state index contributed by atoms with van der Waals surface area (Å²) in [5.41, 5.74) is 1.46. The normalized spacial score (nSPS) is 17.3. The number of hydrogen-bond donors (Lipinski definition) is 0. The molecule has 2 atom stereocenters. The van der Waals surface area contributed by atoms with Crippen LogP contribution in [0.25, 0.3) is 10.9 Å². The van der Waals surface area contributed by atoms with Gasteiger partial charge in [0.2, 0.25) is 0 Å². The Morgan fingerprint density at radius 2 is 1.46 bits per heavy atom. The molecule has 2 unspecified atom stereocenters. The number of Topliss-reactive ketones (excluding diaryl/α,β-unsaturated/α-hetero) is 2. The lowest BCUT2D eigenvalue weighted by atomic mass is 9.70. The zero-order chi connectivity index (χ0) is 24.7. The Balaban J connectivity index is 1.62. The van der Waals surface area contributed by atoms with Crippen LogP contribution in [0.1, 0.15) is 58.4 Å². The van der Waals surface area contributed by atoms with Crippen molar-refractivity contribution in [2.45, 2.75) is 25.7 Å². The predicted octanol–water partition coefficient (Wildman–Crippen LogP) is 6.20. The highest BCUT2D eigenvalue weighted by molar-refractivity contribution is 6.20. The zero-order valence-corrected chi connectivity index (χ0v) is 19.2. The number of rotatable bonds is 2. The first-order valence-corrected chi connectivity index (χ1v) is 11.4. The number of fused-ring (bicyclic) bond motifs is 2. The van der Waals surface area contributed by atoms with Crippen LogP contribution in [-0.4, -0.2) is 16.6 Å². The Morgan fingerprint density at radius 3 is 2.14 bits per heavy atom. The van der Waals surface area contributed by atoms with Gasteiger partial charge in [0.25, 0.3) is 0 Å². The SMILES string of the molecule is CC(C)C1C(=O)C(c2c(F)cc(C#Cc3ccccc3)cc2F)C(=O)c2nc3ccccc3cc21. The van der Waals surface area contributed by atoms with Crippen LogP contribution in [-0.2, 0) is 4.79 Å². The van der Waals surface area contributed by atoms with Crippen LogP contribution in [0.2, 0.25) is 0 Å². The summed E-state index contributed by atoms with van der Waals surface area (Å²) in [6, 6.07) is 20.3. The summed E-state index contributed by atoms with van der Waals surface area (Å²) in [7, 11) is 0. The van der Waals surface area contributed by atoms with Gasteiger partial charge in [-0.25, -0.2) is 13.8 Å². The van der Waals surface area contributed by atoms with E-state index in [1.54, 1.807) is 30.3 Å². The minimum Gasteiger partial charge on any atom is -0.298 e. The molecule has 35 heavy (non-hydrogen) atoms. The highest BCUT2D eigenvalue weighted by atomic mass is 19.1. The van der Waals surface area contributed by atoms with Gasteiger partial charge in [0.1, 0.15) is 23.2 Å². The lowest BCUT2D eigenvalue weighted by molar-refractivity contribution is -0.122. The summed E-state index contributed by atoms with van der Waals surface area (Å²) in [4.78, 5) is 31.6. The van der Waals surface area contributed by atoms with Crippen LogP contribution in [0.4, 0.5) is 8.78 Å². The van der Waals surface area contributed by atoms with Crippen molar-refractivity contribution < 1.29 is 18.4 Å². The second-order valence-electron chi connectivity index (χ2n) is 9.01. The van der Waals surface area contributed by atoms with Crippen molar-refractivity contribution in [2.24, 2.45) is 5.92 Å². The van der Waals surface area contributed by atoms with E-state index in [2.05, 4.69) is 16.8 Å². The molecule has 3 nitrogen and oxygen atoms in total. The molecule has 5 rings (SSSR count). The van der Waals surface area contributed by atoms with E-state index in [0.29, 0.717) is 16.6 Å². The smallest absolute Gasteiger partial charge is 0.196 e. The highest BCUT2D eigenvalue weighted by Crippen LogP contribution is 2.42. The van der Waals surface area contributed by atoms with Crippen molar-refractivity contribution in [3.63, 3.8) is 0 Å². The molecule has 1 aliphatic rings. The number of hydrogen-bond acceptors (Lipinski definition) is 3. The van der Waals surface area contributed by atoms with Crippen LogP contribution in [0.5, 0.6) is 0 Å². The van der Waals surface area contributed by atoms with Gasteiger partial charge in [-0.3, -0.25) is 9.59 Å². The molecule has 0 saturated carbocycles. The van der Waals surface area contributed by atoms with Crippen LogP contribution in [0.15, 0.2) is 72.8 Å². The van der Waals surface area contributed by atoms with Gasteiger partial charge < -0.3 is 0 Å². The third kappa shape index (κ3) is 4.02. The molecule has 0 bridgehead atoms. The quantitative estimate of drug-likeness (QED) is 0.262. The average Bonchev–Trinajstić information content (AvgIpc) is 2.84. The van der Waals surface area contributed by atoms with E-state index in [1.165, 1.54) is 0 Å². The fraction of sp³-hybridized carbons (Fsp3) is 0.167. The molecule has 0 amide bonds. The van der Waals surface area contributed by atoms with Gasteiger partial charge in [0.05, 0.1) is 5.52 Å². The summed E-state index contributed by atoms with van der Waals surface area (Å²) < 4.78 is 30.6. The Kier molecular flexibility index (Phi) is 5.74. The van der Waals surface area contributed by atoms with E-state index in [9.17, 15) is 9.59 Å². The molecule has 0 saturated heterocycles. The maximum absolute atomic E-state index is 15.3. The lowest BCUT2D eigenvalue weighted by Crippen LogP contribution is -2.37. The number of aromatic nitrogens is 1. The third-order valence-corrected chi connectivity index (χ3v) is 6.33. The van der Waals surface area contributed by atoms with Crippen LogP contribution < -0.4 is 0 Å². The lowest BCUT2D eigenvalue weighted by Gasteiger charge is -2.31. The van der Waals surface area contributed by atoms with E-state index in [-0.39, 0.29) is 17.2 Å². The first kappa shape index (κ1) is 22.6. The molecular weight excluding hydrogens is 444 g/mol. The molecule has 1 aliphatic carbocycles. The zero-order valence-electron chi connectivity index (χ0n) is 19.2. The monoisotopic (exact) mass is 465 g/mol. The number of halogens is 2. The Hall–Kier alpha value is -4.17. The van der Waals surface area contributed by atoms with E-state index in [4.69, 9.17) is 0 Å². The van der Waals surface area contributed by atoms with Crippen molar-refractivity contribution in [1.29, 1.82) is 0 Å². The predicted molar refractivity (Wildman–Crippen MR) is 130 cm³/mol. The number of para-hydroxylation sites is 1. The van der Waals surface area contributed by atoms with Crippen molar-refractivity contribution >= 4 is 22.5 Å². The number of carbonyl (C=O) groups excluding carboxylic acids is 2. The number of ketones is 2. The van der Waals surface area contributed by atoms with Crippen molar-refractivity contribution in [2.75, 3.05) is 0 Å². The minimum absolute atomic E-state index is 0.0961. The second kappa shape index (κ2) is 8.88. The molecule has 0 N–H and O–H groups in total. The van der Waals surface area contributed by atoms with Gasteiger partial charge in [-0.2, -0.15) is 0 Å². The van der Waals surface area contributed by atoms with Crippen molar-refractivity contribution in [3.05, 3.63) is 112 Å². The van der Waals surface area contributed by atoms with Gasteiger partial charge in [-0.15, -0.1) is 0 Å². The molecule has 172 valence electrons. The number of pyridine rings is 1. The molecule has 0 spiro atoms. The van der Waals surface area contributed by atoms with Gasteiger partial charge in [0.15, 0.2) is 11.6 Å². The van der Waals surface area contributed by atoms with Crippen LogP contribution in [0, 0.1) is 29.4 Å². The topological polar surface area (TPSA) is 47.0 Å². The van der Waals surface area contributed by atoms with Gasteiger partial charge in [0, 0.05) is 28.0 Å². The maximum Gasteiger partial charge on any atom is 0.196 e. The summed E-state index contributed by atoms with van der Waals surface area (Å²) in [5, 5.41) is 0.801. The van der Waals surface area contributed by atoms with E-state index in [0.717, 1.165) is 17.5 Å². The molecule has 0 fully saturated rings. The molecule has 1 heterocycles. The first-order chi connectivity index (χ1) is 16.8. The van der Waals surface area contributed by atoms with E-state index < -0.39 is 40.6 Å². The van der Waals surface area contributed by atoms with Gasteiger partial charge in [-0.1, -0.05) is 62.1 Å². The molecule has 3 aromatic carbocycles. The number of benzene rings is 3. The van der Waals surface area contributed by atoms with Crippen molar-refractivity contribution in [1.82, 2.24) is 4.98 Å². The maximum atomic E-state index is 15.3. The fourth-order valence-corrected chi connectivity index (χ4v) is 4.72. The van der Waals surface area contributed by atoms with E-state index in [1.807, 2.05) is 44.2 Å². The molecule has 5 heteroatoms. The molecule has 1 aromatic heterocycles. The summed E-state index contributed by atoms with van der Waals surface area (Å²) in [6.45, 7) is 3.70. The first-order valence-electron chi connectivity index (χ1n) is 11.4. The second-order valence-corrected chi connectivity index (χ2v) is 9.01. The summed E-state index contributed by atoms with van der Waals surface area (Å²) in [5.74, 6) is -0.0424. The Bertz CT molecular complexity index is 1520. The average molecular weight is 465 g/mol. The number of carbonyl (C=O) groups is 2. The number of nitrogens with zero attached hydrogens (tertiary/aromatic N) is 1. The Morgan fingerprint density at radius 1 is 0.829 bits per heavy atom. The van der Waals surface area contributed by atoms with Crippen molar-refractivity contribution in [3.8, 4) is 11.8 Å². The molecular formula is C30H21F2NO2. The molecule has 0 aliphatic heterocycles. The van der Waals surface area contributed by atoms with Gasteiger partial charge >= 0.3 is 0 Å². The fourth-order valence-electron chi connectivity index (χ4n) is 4.72.